The van der Waals surface area contributed by atoms with E-state index in [1.807, 2.05) is 6.08 Å². The van der Waals surface area contributed by atoms with Gasteiger partial charge in [-0.3, -0.25) is 0 Å². The Morgan fingerprint density at radius 2 is 1.16 bits per heavy atom. The molecule has 0 fully saturated rings. The van der Waals surface area contributed by atoms with Crippen molar-refractivity contribution in [1.29, 1.82) is 0 Å². The number of aliphatic hydroxyl groups excluding tert-OH is 1. The average molecular weight is 264 g/mol. The fourth-order valence-electron chi connectivity index (χ4n) is 1.97. The zero-order valence-electron chi connectivity index (χ0n) is 12.7. The van der Waals surface area contributed by atoms with Crippen LogP contribution in [0.1, 0.15) is 77.6 Å². The highest BCUT2D eigenvalue weighted by Crippen LogP contribution is 2.06. The molecule has 19 heavy (non-hydrogen) atoms. The lowest BCUT2D eigenvalue weighted by molar-refractivity contribution is 0.469. The van der Waals surface area contributed by atoms with Crippen LogP contribution in [0.25, 0.3) is 0 Å². The third-order valence-corrected chi connectivity index (χ3v) is 3.18. The molecule has 0 aromatic heterocycles. The molecule has 0 rings (SSSR count). The van der Waals surface area contributed by atoms with Gasteiger partial charge in [0.05, 0.1) is 6.26 Å². The van der Waals surface area contributed by atoms with E-state index in [-0.39, 0.29) is 0 Å². The maximum absolute atomic E-state index is 8.47. The van der Waals surface area contributed by atoms with E-state index in [0.717, 1.165) is 19.1 Å². The molecule has 0 aliphatic carbocycles. The van der Waals surface area contributed by atoms with Crippen LogP contribution in [0, 0.1) is 0 Å². The largest absolute Gasteiger partial charge is 0.516 e. The molecule has 110 valence electrons. The van der Waals surface area contributed by atoms with Crippen LogP contribution >= 0.6 is 0 Å². The van der Waals surface area contributed by atoms with Gasteiger partial charge in [0, 0.05) is 0 Å². The second kappa shape index (κ2) is 17.0. The van der Waals surface area contributed by atoms with Crippen molar-refractivity contribution in [1.82, 2.24) is 0 Å². The monoisotopic (exact) mass is 264 g/mol. The van der Waals surface area contributed by atoms with Crippen molar-refractivity contribution in [3.8, 4) is 0 Å². The number of unbranched alkanes of at least 4 members (excludes halogenated alkanes) is 8. The van der Waals surface area contributed by atoms with E-state index >= 15 is 0 Å². The van der Waals surface area contributed by atoms with Gasteiger partial charge in [0.15, 0.2) is 0 Å². The Morgan fingerprint density at radius 1 is 0.632 bits per heavy atom. The Balaban J connectivity index is 3.16. The van der Waals surface area contributed by atoms with Crippen molar-refractivity contribution in [2.45, 2.75) is 77.6 Å². The van der Waals surface area contributed by atoms with E-state index in [0.29, 0.717) is 0 Å². The molecular formula is C18H32O. The lowest BCUT2D eigenvalue weighted by Gasteiger charge is -1.96. The smallest absolute Gasteiger partial charge is 0.0751 e. The van der Waals surface area contributed by atoms with Gasteiger partial charge in [-0.1, -0.05) is 63.0 Å². The molecular weight excluding hydrogens is 232 g/mol. The zero-order chi connectivity index (χ0) is 14.0. The minimum atomic E-state index is 1.01. The van der Waals surface area contributed by atoms with Gasteiger partial charge in [-0.25, -0.2) is 0 Å². The second-order valence-electron chi connectivity index (χ2n) is 5.05. The van der Waals surface area contributed by atoms with E-state index in [1.54, 1.807) is 0 Å². The molecule has 1 heteroatoms. The highest BCUT2D eigenvalue weighted by molar-refractivity contribution is 4.92. The molecule has 0 spiro atoms. The van der Waals surface area contributed by atoms with Crippen LogP contribution in [0.3, 0.4) is 0 Å². The van der Waals surface area contributed by atoms with Crippen molar-refractivity contribution in [2.75, 3.05) is 0 Å². The van der Waals surface area contributed by atoms with Crippen molar-refractivity contribution in [3.63, 3.8) is 0 Å². The first-order valence-electron chi connectivity index (χ1n) is 8.01. The molecule has 1 N–H and O–H groups in total. The summed E-state index contributed by atoms with van der Waals surface area (Å²) in [4.78, 5) is 0. The highest BCUT2D eigenvalue weighted by Gasteiger charge is 1.87. The minimum Gasteiger partial charge on any atom is -0.516 e. The first-order chi connectivity index (χ1) is 9.41. The number of hydrogen-bond donors (Lipinski definition) is 1. The van der Waals surface area contributed by atoms with Gasteiger partial charge in [-0.15, -0.1) is 0 Å². The molecule has 0 bridgehead atoms. The molecule has 0 radical (unpaired) electrons. The Labute approximate surface area is 120 Å². The predicted octanol–water partition coefficient (Wildman–Crippen LogP) is 6.48. The van der Waals surface area contributed by atoms with E-state index < -0.39 is 0 Å². The summed E-state index contributed by atoms with van der Waals surface area (Å²) >= 11 is 0. The van der Waals surface area contributed by atoms with Crippen LogP contribution in [0.15, 0.2) is 36.6 Å². The van der Waals surface area contributed by atoms with Crippen LogP contribution in [-0.2, 0) is 0 Å². The van der Waals surface area contributed by atoms with E-state index in [9.17, 15) is 0 Å². The molecule has 0 aromatic carbocycles. The number of rotatable bonds is 13. The fraction of sp³-hybridized carbons (Fsp3) is 0.667. The number of hydrogen-bond acceptors (Lipinski definition) is 1. The third kappa shape index (κ3) is 17.0. The third-order valence-electron chi connectivity index (χ3n) is 3.18. The number of aliphatic hydroxyl groups is 1. The predicted molar refractivity (Wildman–Crippen MR) is 86.5 cm³/mol. The maximum atomic E-state index is 8.47. The first-order valence-corrected chi connectivity index (χ1v) is 8.01. The molecule has 0 aliphatic rings. The number of allylic oxidation sites excluding steroid dienone is 5. The summed E-state index contributed by atoms with van der Waals surface area (Å²) in [6.45, 7) is 2.25. The van der Waals surface area contributed by atoms with Gasteiger partial charge >= 0.3 is 0 Å². The summed E-state index contributed by atoms with van der Waals surface area (Å²) in [5, 5.41) is 8.47. The molecule has 0 atom stereocenters. The van der Waals surface area contributed by atoms with E-state index in [4.69, 9.17) is 5.11 Å². The fourth-order valence-corrected chi connectivity index (χ4v) is 1.97. The summed E-state index contributed by atoms with van der Waals surface area (Å²) in [5.41, 5.74) is 0. The van der Waals surface area contributed by atoms with Crippen molar-refractivity contribution < 1.29 is 5.11 Å². The van der Waals surface area contributed by atoms with Crippen LogP contribution in [-0.4, -0.2) is 5.11 Å². The van der Waals surface area contributed by atoms with Gasteiger partial charge in [-0.2, -0.15) is 0 Å². The maximum Gasteiger partial charge on any atom is 0.0751 e. The van der Waals surface area contributed by atoms with Gasteiger partial charge < -0.3 is 5.11 Å². The highest BCUT2D eigenvalue weighted by atomic mass is 16.2. The van der Waals surface area contributed by atoms with Crippen LogP contribution in [0.5, 0.6) is 0 Å². The standard InChI is InChI=1S/C18H32O/c1-2-3-4-5-6-7-8-9-10-11-12-13-14-15-16-17-18-19/h6-7,9-10,17-19H,2-5,8,11-16H2,1H3/b7-6?,10-9?,18-17-. The Hall–Kier alpha value is -0.980. The van der Waals surface area contributed by atoms with E-state index in [2.05, 4.69) is 31.2 Å². The molecule has 0 unspecified atom stereocenters. The lowest BCUT2D eigenvalue weighted by Crippen LogP contribution is -1.76. The Morgan fingerprint density at radius 3 is 1.68 bits per heavy atom. The van der Waals surface area contributed by atoms with Crippen LogP contribution in [0.4, 0.5) is 0 Å². The molecule has 0 heterocycles. The van der Waals surface area contributed by atoms with Gasteiger partial charge in [0.1, 0.15) is 0 Å². The average Bonchev–Trinajstić information content (AvgIpc) is 2.43. The van der Waals surface area contributed by atoms with Crippen molar-refractivity contribution in [2.24, 2.45) is 0 Å². The van der Waals surface area contributed by atoms with Crippen molar-refractivity contribution >= 4 is 0 Å². The first kappa shape index (κ1) is 18.0. The molecule has 0 aliphatic heterocycles. The summed E-state index contributed by atoms with van der Waals surface area (Å²) in [6, 6.07) is 0. The SMILES string of the molecule is CCCCCC=CCC=CCCCCCC/C=C\O. The summed E-state index contributed by atoms with van der Waals surface area (Å²) < 4.78 is 0. The second-order valence-corrected chi connectivity index (χ2v) is 5.05. The van der Waals surface area contributed by atoms with E-state index in [1.165, 1.54) is 57.8 Å². The summed E-state index contributed by atoms with van der Waals surface area (Å²) in [5.74, 6) is 0. The molecule has 1 nitrogen and oxygen atoms in total. The summed E-state index contributed by atoms with van der Waals surface area (Å²) in [6.07, 6.45) is 25.8. The van der Waals surface area contributed by atoms with Gasteiger partial charge in [-0.05, 0) is 44.9 Å². The quantitative estimate of drug-likeness (QED) is 0.229. The molecule has 0 aromatic rings. The zero-order valence-corrected chi connectivity index (χ0v) is 12.7. The summed E-state index contributed by atoms with van der Waals surface area (Å²) in [7, 11) is 0. The van der Waals surface area contributed by atoms with Gasteiger partial charge in [0.2, 0.25) is 0 Å². The molecule has 0 saturated carbocycles. The van der Waals surface area contributed by atoms with Crippen LogP contribution in [0.2, 0.25) is 0 Å². The Kier molecular flexibility index (Phi) is 16.1. The topological polar surface area (TPSA) is 20.2 Å². The normalized spacial score (nSPS) is 12.3. The van der Waals surface area contributed by atoms with Gasteiger partial charge in [0.25, 0.3) is 0 Å². The molecule has 0 amide bonds. The lowest BCUT2D eigenvalue weighted by atomic mass is 10.1. The van der Waals surface area contributed by atoms with Crippen LogP contribution < -0.4 is 0 Å². The Bertz CT molecular complexity index is 238. The van der Waals surface area contributed by atoms with Crippen molar-refractivity contribution in [3.05, 3.63) is 36.6 Å². The minimum absolute atomic E-state index is 1.01. The molecule has 0 saturated heterocycles.